The van der Waals surface area contributed by atoms with E-state index in [2.05, 4.69) is 10.3 Å². The summed E-state index contributed by atoms with van der Waals surface area (Å²) in [5.74, 6) is 1.09. The molecule has 2 heterocycles. The highest BCUT2D eigenvalue weighted by Crippen LogP contribution is 2.28. The number of carbonyl (C=O) groups excluding carboxylic acids is 1. The van der Waals surface area contributed by atoms with Gasteiger partial charge in [-0.25, -0.2) is 4.98 Å². The number of fused-ring (bicyclic) bond motifs is 1. The summed E-state index contributed by atoms with van der Waals surface area (Å²) < 4.78 is 10.6. The van der Waals surface area contributed by atoms with Crippen LogP contribution in [0, 0.1) is 0 Å². The lowest BCUT2D eigenvalue weighted by molar-refractivity contribution is -0.117. The van der Waals surface area contributed by atoms with Crippen LogP contribution in [0.25, 0.3) is 6.08 Å². The standard InChI is InChI=1S/C17H15ClN2O3/c1-22-16-5-2-11(8-19-16)9-20-17(21)13-6-12-7-14(18)3-4-15(12)23-10-13/h2-8H,9-10H2,1H3,(H,20,21). The maximum Gasteiger partial charge on any atom is 0.250 e. The highest BCUT2D eigenvalue weighted by molar-refractivity contribution is 6.30. The summed E-state index contributed by atoms with van der Waals surface area (Å²) in [7, 11) is 1.56. The highest BCUT2D eigenvalue weighted by Gasteiger charge is 2.17. The molecule has 5 nitrogen and oxygen atoms in total. The summed E-state index contributed by atoms with van der Waals surface area (Å²) in [5, 5.41) is 3.46. The number of methoxy groups -OCH3 is 1. The lowest BCUT2D eigenvalue weighted by atomic mass is 10.1. The second kappa shape index (κ2) is 6.71. The maximum atomic E-state index is 12.3. The number of nitrogens with one attached hydrogen (secondary N) is 1. The van der Waals surface area contributed by atoms with E-state index in [4.69, 9.17) is 21.1 Å². The van der Waals surface area contributed by atoms with E-state index in [0.29, 0.717) is 23.0 Å². The Kier molecular flexibility index (Phi) is 4.48. The smallest absolute Gasteiger partial charge is 0.250 e. The summed E-state index contributed by atoms with van der Waals surface area (Å²) in [6.07, 6.45) is 3.46. The van der Waals surface area contributed by atoms with E-state index < -0.39 is 0 Å². The zero-order valence-corrected chi connectivity index (χ0v) is 13.3. The van der Waals surface area contributed by atoms with Crippen molar-refractivity contribution in [2.24, 2.45) is 0 Å². The second-order valence-electron chi connectivity index (χ2n) is 5.03. The molecule has 0 radical (unpaired) electrons. The largest absolute Gasteiger partial charge is 0.488 e. The van der Waals surface area contributed by atoms with Gasteiger partial charge in [0, 0.05) is 29.4 Å². The van der Waals surface area contributed by atoms with Gasteiger partial charge in [-0.15, -0.1) is 0 Å². The van der Waals surface area contributed by atoms with Crippen LogP contribution in [0.1, 0.15) is 11.1 Å². The summed E-state index contributed by atoms with van der Waals surface area (Å²) in [4.78, 5) is 16.4. The van der Waals surface area contributed by atoms with Gasteiger partial charge in [-0.1, -0.05) is 17.7 Å². The van der Waals surface area contributed by atoms with Gasteiger partial charge in [0.05, 0.1) is 12.7 Å². The molecule has 1 aromatic carbocycles. The van der Waals surface area contributed by atoms with E-state index in [1.54, 1.807) is 43.6 Å². The molecule has 1 N–H and O–H groups in total. The van der Waals surface area contributed by atoms with Gasteiger partial charge < -0.3 is 14.8 Å². The van der Waals surface area contributed by atoms with Crippen LogP contribution in [0.3, 0.4) is 0 Å². The molecule has 6 heteroatoms. The number of hydrogen-bond donors (Lipinski definition) is 1. The van der Waals surface area contributed by atoms with Crippen LogP contribution in [0.2, 0.25) is 5.02 Å². The summed E-state index contributed by atoms with van der Waals surface area (Å²) in [6.45, 7) is 0.622. The molecule has 0 fully saturated rings. The predicted octanol–water partition coefficient (Wildman–Crippen LogP) is 2.84. The fraction of sp³-hybridized carbons (Fsp3) is 0.176. The van der Waals surface area contributed by atoms with Gasteiger partial charge in [-0.2, -0.15) is 0 Å². The van der Waals surface area contributed by atoms with Gasteiger partial charge in [0.25, 0.3) is 5.91 Å². The minimum absolute atomic E-state index is 0.175. The fourth-order valence-electron chi connectivity index (χ4n) is 2.21. The topological polar surface area (TPSA) is 60.5 Å². The number of ether oxygens (including phenoxy) is 2. The van der Waals surface area contributed by atoms with Crippen LogP contribution in [0.5, 0.6) is 11.6 Å². The average molecular weight is 331 g/mol. The molecule has 0 bridgehead atoms. The Morgan fingerprint density at radius 2 is 2.26 bits per heavy atom. The third-order valence-electron chi connectivity index (χ3n) is 3.44. The van der Waals surface area contributed by atoms with Crippen molar-refractivity contribution in [3.05, 3.63) is 58.3 Å². The minimum atomic E-state index is -0.175. The molecule has 2 aromatic rings. The van der Waals surface area contributed by atoms with Crippen molar-refractivity contribution in [2.45, 2.75) is 6.54 Å². The van der Waals surface area contributed by atoms with Gasteiger partial charge in [-0.3, -0.25) is 4.79 Å². The first kappa shape index (κ1) is 15.4. The number of benzene rings is 1. The first-order chi connectivity index (χ1) is 11.2. The molecule has 0 unspecified atom stereocenters. The molecule has 23 heavy (non-hydrogen) atoms. The third-order valence-corrected chi connectivity index (χ3v) is 3.67. The second-order valence-corrected chi connectivity index (χ2v) is 5.47. The Morgan fingerprint density at radius 1 is 1.39 bits per heavy atom. The van der Waals surface area contributed by atoms with E-state index in [-0.39, 0.29) is 12.5 Å². The Balaban J connectivity index is 1.66. The van der Waals surface area contributed by atoms with E-state index in [9.17, 15) is 4.79 Å². The SMILES string of the molecule is COc1ccc(CNC(=O)C2=Cc3cc(Cl)ccc3OC2)cn1. The zero-order valence-electron chi connectivity index (χ0n) is 12.5. The van der Waals surface area contributed by atoms with Gasteiger partial charge >= 0.3 is 0 Å². The lowest BCUT2D eigenvalue weighted by Crippen LogP contribution is -2.28. The molecule has 1 aliphatic heterocycles. The normalized spacial score (nSPS) is 12.7. The molecule has 3 rings (SSSR count). The van der Waals surface area contributed by atoms with E-state index >= 15 is 0 Å². The quantitative estimate of drug-likeness (QED) is 0.936. The van der Waals surface area contributed by atoms with Gasteiger partial charge in [-0.05, 0) is 29.8 Å². The van der Waals surface area contributed by atoms with Crippen LogP contribution < -0.4 is 14.8 Å². The summed E-state index contributed by atoms with van der Waals surface area (Å²) >= 11 is 5.97. The first-order valence-corrected chi connectivity index (χ1v) is 7.43. The molecule has 1 amide bonds. The van der Waals surface area contributed by atoms with Crippen molar-refractivity contribution in [1.82, 2.24) is 10.3 Å². The molecule has 0 saturated heterocycles. The third kappa shape index (κ3) is 3.63. The number of rotatable bonds is 4. The highest BCUT2D eigenvalue weighted by atomic mass is 35.5. The van der Waals surface area contributed by atoms with E-state index in [1.807, 2.05) is 6.07 Å². The number of amides is 1. The summed E-state index contributed by atoms with van der Waals surface area (Å²) in [5.41, 5.74) is 2.25. The van der Waals surface area contributed by atoms with Crippen molar-refractivity contribution >= 4 is 23.6 Å². The molecule has 0 spiro atoms. The Labute approximate surface area is 138 Å². The molecule has 0 saturated carbocycles. The van der Waals surface area contributed by atoms with Crippen LogP contribution in [0.15, 0.2) is 42.1 Å². The van der Waals surface area contributed by atoms with Crippen molar-refractivity contribution in [2.75, 3.05) is 13.7 Å². The van der Waals surface area contributed by atoms with Gasteiger partial charge in [0.2, 0.25) is 5.88 Å². The zero-order chi connectivity index (χ0) is 16.2. The number of pyridine rings is 1. The number of carbonyl (C=O) groups is 1. The molecular weight excluding hydrogens is 316 g/mol. The molecular formula is C17H15ClN2O3. The molecule has 0 atom stereocenters. The number of halogens is 1. The Bertz CT molecular complexity index is 757. The van der Waals surface area contributed by atoms with Gasteiger partial charge in [0.15, 0.2) is 0 Å². The molecule has 0 aliphatic carbocycles. The lowest BCUT2D eigenvalue weighted by Gasteiger charge is -2.17. The van der Waals surface area contributed by atoms with E-state index in [1.165, 1.54) is 0 Å². The molecule has 1 aromatic heterocycles. The Morgan fingerprint density at radius 3 is 3.00 bits per heavy atom. The minimum Gasteiger partial charge on any atom is -0.488 e. The monoisotopic (exact) mass is 330 g/mol. The predicted molar refractivity (Wildman–Crippen MR) is 87.6 cm³/mol. The molecule has 118 valence electrons. The number of nitrogens with zero attached hydrogens (tertiary/aromatic N) is 1. The van der Waals surface area contributed by atoms with Crippen LogP contribution in [0.4, 0.5) is 0 Å². The number of hydrogen-bond acceptors (Lipinski definition) is 4. The van der Waals surface area contributed by atoms with E-state index in [0.717, 1.165) is 16.9 Å². The number of aromatic nitrogens is 1. The van der Waals surface area contributed by atoms with Crippen LogP contribution in [-0.2, 0) is 11.3 Å². The van der Waals surface area contributed by atoms with Crippen molar-refractivity contribution < 1.29 is 14.3 Å². The van der Waals surface area contributed by atoms with Crippen LogP contribution in [-0.4, -0.2) is 24.6 Å². The first-order valence-electron chi connectivity index (χ1n) is 7.06. The average Bonchev–Trinajstić information content (AvgIpc) is 2.59. The fourth-order valence-corrected chi connectivity index (χ4v) is 2.39. The maximum absolute atomic E-state index is 12.3. The molecule has 1 aliphatic rings. The summed E-state index contributed by atoms with van der Waals surface area (Å²) in [6, 6.07) is 8.94. The Hall–Kier alpha value is -2.53. The van der Waals surface area contributed by atoms with Crippen molar-refractivity contribution in [1.29, 1.82) is 0 Å². The van der Waals surface area contributed by atoms with Crippen molar-refractivity contribution in [3.63, 3.8) is 0 Å². The van der Waals surface area contributed by atoms with Crippen LogP contribution >= 0.6 is 11.6 Å². The van der Waals surface area contributed by atoms with Gasteiger partial charge in [0.1, 0.15) is 12.4 Å². The van der Waals surface area contributed by atoms with Crippen molar-refractivity contribution in [3.8, 4) is 11.6 Å².